The molecule has 7 heteroatoms. The Kier molecular flexibility index (Phi) is 6.13. The second-order valence-corrected chi connectivity index (χ2v) is 5.25. The van der Waals surface area contributed by atoms with E-state index in [1.165, 1.54) is 6.07 Å². The predicted molar refractivity (Wildman–Crippen MR) is 76.2 cm³/mol. The van der Waals surface area contributed by atoms with E-state index < -0.39 is 17.8 Å². The summed E-state index contributed by atoms with van der Waals surface area (Å²) < 4.78 is 38.1. The van der Waals surface area contributed by atoms with Crippen LogP contribution in [0.15, 0.2) is 18.2 Å². The Labute approximate surface area is 127 Å². The van der Waals surface area contributed by atoms with E-state index in [1.807, 2.05) is 0 Å². The number of hydrogen-bond acceptors (Lipinski definition) is 2. The first kappa shape index (κ1) is 17.6. The normalized spacial score (nSPS) is 18.4. The van der Waals surface area contributed by atoms with Gasteiger partial charge in [-0.1, -0.05) is 11.6 Å². The molecule has 0 aliphatic carbocycles. The minimum atomic E-state index is -4.37. The van der Waals surface area contributed by atoms with Crippen LogP contribution in [0.1, 0.15) is 30.0 Å². The van der Waals surface area contributed by atoms with Crippen molar-refractivity contribution in [3.63, 3.8) is 0 Å². The van der Waals surface area contributed by atoms with Crippen LogP contribution in [-0.4, -0.2) is 13.1 Å². The molecule has 1 aromatic rings. The molecule has 1 unspecified atom stereocenters. The maximum atomic E-state index is 12.7. The molecule has 0 amide bonds. The molecule has 1 aliphatic heterocycles. The highest BCUT2D eigenvalue weighted by atomic mass is 35.5. The van der Waals surface area contributed by atoms with Gasteiger partial charge in [0, 0.05) is 11.1 Å². The zero-order chi connectivity index (χ0) is 14.0. The van der Waals surface area contributed by atoms with E-state index >= 15 is 0 Å². The Bertz CT molecular complexity index is 446. The Morgan fingerprint density at radius 2 is 1.85 bits per heavy atom. The number of piperidine rings is 1. The summed E-state index contributed by atoms with van der Waals surface area (Å²) in [5.41, 5.74) is 5.80. The number of nitrogens with one attached hydrogen (secondary N) is 1. The van der Waals surface area contributed by atoms with E-state index in [2.05, 4.69) is 5.32 Å². The molecule has 1 aliphatic rings. The number of benzene rings is 1. The first-order valence-corrected chi connectivity index (χ1v) is 6.60. The Balaban J connectivity index is 0.00000200. The topological polar surface area (TPSA) is 38.0 Å². The summed E-state index contributed by atoms with van der Waals surface area (Å²) in [6.45, 7) is 1.68. The van der Waals surface area contributed by atoms with Crippen molar-refractivity contribution in [1.82, 2.24) is 5.32 Å². The van der Waals surface area contributed by atoms with Gasteiger partial charge in [0.25, 0.3) is 0 Å². The molecule has 0 aromatic heterocycles. The highest BCUT2D eigenvalue weighted by Gasteiger charge is 2.32. The van der Waals surface area contributed by atoms with Crippen molar-refractivity contribution < 1.29 is 13.2 Å². The van der Waals surface area contributed by atoms with Gasteiger partial charge in [-0.05, 0) is 55.6 Å². The molecule has 2 rings (SSSR count). The van der Waals surface area contributed by atoms with Crippen molar-refractivity contribution in [3.05, 3.63) is 34.3 Å². The summed E-state index contributed by atoms with van der Waals surface area (Å²) >= 11 is 6.00. The van der Waals surface area contributed by atoms with E-state index in [9.17, 15) is 13.2 Å². The fourth-order valence-electron chi connectivity index (χ4n) is 2.43. The Morgan fingerprint density at radius 3 is 2.40 bits per heavy atom. The molecular weight excluding hydrogens is 312 g/mol. The third kappa shape index (κ3) is 4.01. The van der Waals surface area contributed by atoms with Crippen LogP contribution in [0.5, 0.6) is 0 Å². The van der Waals surface area contributed by atoms with Crippen LogP contribution in [0.2, 0.25) is 5.02 Å². The highest BCUT2D eigenvalue weighted by Crippen LogP contribution is 2.36. The van der Waals surface area contributed by atoms with Crippen LogP contribution in [-0.2, 0) is 6.18 Å². The van der Waals surface area contributed by atoms with Crippen LogP contribution >= 0.6 is 24.0 Å². The Morgan fingerprint density at radius 1 is 1.25 bits per heavy atom. The third-order valence-electron chi connectivity index (χ3n) is 3.57. The van der Waals surface area contributed by atoms with Crippen LogP contribution in [0, 0.1) is 5.92 Å². The van der Waals surface area contributed by atoms with Gasteiger partial charge in [-0.2, -0.15) is 13.2 Å². The molecule has 0 radical (unpaired) electrons. The Hall–Kier alpha value is -0.490. The maximum absolute atomic E-state index is 12.7. The van der Waals surface area contributed by atoms with Gasteiger partial charge in [0.2, 0.25) is 0 Å². The molecule has 1 saturated heterocycles. The van der Waals surface area contributed by atoms with Crippen LogP contribution in [0.4, 0.5) is 13.2 Å². The number of rotatable bonds is 2. The molecule has 1 aromatic carbocycles. The molecule has 3 N–H and O–H groups in total. The zero-order valence-corrected chi connectivity index (χ0v) is 12.3. The second-order valence-electron chi connectivity index (χ2n) is 4.85. The molecular formula is C13H17Cl2F3N2. The van der Waals surface area contributed by atoms with Gasteiger partial charge < -0.3 is 11.1 Å². The lowest BCUT2D eigenvalue weighted by Gasteiger charge is -2.29. The van der Waals surface area contributed by atoms with Crippen LogP contribution < -0.4 is 11.1 Å². The summed E-state index contributed by atoms with van der Waals surface area (Å²) in [5.74, 6) is 0.169. The lowest BCUT2D eigenvalue weighted by atomic mass is 9.86. The smallest absolute Gasteiger partial charge is 0.324 e. The summed E-state index contributed by atoms with van der Waals surface area (Å²) in [4.78, 5) is 0. The van der Waals surface area contributed by atoms with Crippen LogP contribution in [0.25, 0.3) is 0 Å². The van der Waals surface area contributed by atoms with Crippen molar-refractivity contribution in [3.8, 4) is 0 Å². The number of halogens is 5. The molecule has 0 bridgehead atoms. The summed E-state index contributed by atoms with van der Waals surface area (Å²) in [7, 11) is 0. The number of nitrogens with two attached hydrogens (primary N) is 1. The molecule has 1 heterocycles. The maximum Gasteiger partial charge on any atom is 0.416 e. The quantitative estimate of drug-likeness (QED) is 0.867. The average molecular weight is 329 g/mol. The zero-order valence-electron chi connectivity index (χ0n) is 10.7. The molecule has 0 saturated carbocycles. The van der Waals surface area contributed by atoms with Crippen molar-refractivity contribution in [1.29, 1.82) is 0 Å². The minimum absolute atomic E-state index is 0. The molecule has 2 nitrogen and oxygen atoms in total. The summed E-state index contributed by atoms with van der Waals surface area (Å²) in [6, 6.07) is 2.90. The fraction of sp³-hybridized carbons (Fsp3) is 0.538. The van der Waals surface area contributed by atoms with E-state index in [1.54, 1.807) is 0 Å². The molecule has 1 fully saturated rings. The molecule has 0 spiro atoms. The molecule has 114 valence electrons. The van der Waals surface area contributed by atoms with E-state index in [4.69, 9.17) is 17.3 Å². The summed E-state index contributed by atoms with van der Waals surface area (Å²) in [6.07, 6.45) is -2.66. The predicted octanol–water partition coefficient (Wildman–Crippen LogP) is 3.78. The van der Waals surface area contributed by atoms with E-state index in [0.717, 1.165) is 38.1 Å². The van der Waals surface area contributed by atoms with Gasteiger partial charge >= 0.3 is 6.18 Å². The number of hydrogen-bond donors (Lipinski definition) is 2. The van der Waals surface area contributed by atoms with Gasteiger partial charge in [0.1, 0.15) is 0 Å². The van der Waals surface area contributed by atoms with Crippen molar-refractivity contribution in [2.75, 3.05) is 13.1 Å². The largest absolute Gasteiger partial charge is 0.416 e. The van der Waals surface area contributed by atoms with Crippen molar-refractivity contribution >= 4 is 24.0 Å². The lowest BCUT2D eigenvalue weighted by molar-refractivity contribution is -0.137. The third-order valence-corrected chi connectivity index (χ3v) is 3.92. The molecule has 1 atom stereocenters. The first-order valence-electron chi connectivity index (χ1n) is 6.22. The van der Waals surface area contributed by atoms with Crippen LogP contribution in [0.3, 0.4) is 0 Å². The van der Waals surface area contributed by atoms with Crippen molar-refractivity contribution in [2.45, 2.75) is 25.1 Å². The standard InChI is InChI=1S/C13H16ClF3N2.ClH/c14-11-2-1-9(13(15,16)17)7-10(11)12(18)8-3-5-19-6-4-8;/h1-2,7-8,12,19H,3-6,18H2;1H. The second kappa shape index (κ2) is 6.98. The summed E-state index contributed by atoms with van der Waals surface area (Å²) in [5, 5.41) is 3.51. The monoisotopic (exact) mass is 328 g/mol. The fourth-order valence-corrected chi connectivity index (χ4v) is 2.68. The lowest BCUT2D eigenvalue weighted by Crippen LogP contribution is -2.34. The average Bonchev–Trinajstić information content (AvgIpc) is 2.38. The van der Waals surface area contributed by atoms with Crippen molar-refractivity contribution in [2.24, 2.45) is 11.7 Å². The SMILES string of the molecule is Cl.NC(c1cc(C(F)(F)F)ccc1Cl)C1CCNCC1. The first-order chi connectivity index (χ1) is 8.89. The highest BCUT2D eigenvalue weighted by molar-refractivity contribution is 6.31. The van der Waals surface area contributed by atoms with Gasteiger partial charge in [0.05, 0.1) is 5.56 Å². The molecule has 20 heavy (non-hydrogen) atoms. The van der Waals surface area contributed by atoms with Gasteiger partial charge in [-0.25, -0.2) is 0 Å². The van der Waals surface area contributed by atoms with Gasteiger partial charge in [0.15, 0.2) is 0 Å². The van der Waals surface area contributed by atoms with E-state index in [0.29, 0.717) is 10.6 Å². The minimum Gasteiger partial charge on any atom is -0.324 e. The van der Waals surface area contributed by atoms with Gasteiger partial charge in [-0.3, -0.25) is 0 Å². The van der Waals surface area contributed by atoms with E-state index in [-0.39, 0.29) is 18.3 Å². The number of alkyl halides is 3. The van der Waals surface area contributed by atoms with Gasteiger partial charge in [-0.15, -0.1) is 12.4 Å².